The second-order valence-electron chi connectivity index (χ2n) is 4.80. The molecule has 0 fully saturated rings. The van der Waals surface area contributed by atoms with Crippen LogP contribution in [0, 0.1) is 0 Å². The van der Waals surface area contributed by atoms with Crippen molar-refractivity contribution in [1.29, 1.82) is 0 Å². The molecule has 0 saturated carbocycles. The van der Waals surface area contributed by atoms with E-state index < -0.39 is 0 Å². The van der Waals surface area contributed by atoms with Crippen molar-refractivity contribution < 1.29 is 9.59 Å². The van der Waals surface area contributed by atoms with Crippen LogP contribution in [0.25, 0.3) is 0 Å². The zero-order valence-corrected chi connectivity index (χ0v) is 12.2. The van der Waals surface area contributed by atoms with Crippen LogP contribution in [-0.2, 0) is 6.54 Å². The maximum atomic E-state index is 12.2. The zero-order valence-electron chi connectivity index (χ0n) is 12.2. The third-order valence-corrected chi connectivity index (χ3v) is 3.23. The molecule has 0 aromatic heterocycles. The number of hydrogen-bond donors (Lipinski definition) is 1. The largest absolute Gasteiger partial charge is 0.355 e. The van der Waals surface area contributed by atoms with Gasteiger partial charge in [-0.25, -0.2) is 0 Å². The van der Waals surface area contributed by atoms with Crippen LogP contribution in [0.2, 0.25) is 0 Å². The van der Waals surface area contributed by atoms with Crippen molar-refractivity contribution in [2.24, 2.45) is 0 Å². The summed E-state index contributed by atoms with van der Waals surface area (Å²) in [6, 6.07) is 16.4. The predicted molar refractivity (Wildman–Crippen MR) is 82.1 cm³/mol. The molecule has 0 atom stereocenters. The maximum Gasteiger partial charge on any atom is 0.253 e. The number of nitrogens with one attached hydrogen (secondary N) is 1. The fraction of sp³-hybridized carbons (Fsp3) is 0.176. The fourth-order valence-corrected chi connectivity index (χ4v) is 2.05. The van der Waals surface area contributed by atoms with E-state index in [1.54, 1.807) is 43.3 Å². The van der Waals surface area contributed by atoms with Crippen LogP contribution in [0.3, 0.4) is 0 Å². The Morgan fingerprint density at radius 2 is 1.57 bits per heavy atom. The quantitative estimate of drug-likeness (QED) is 0.935. The van der Waals surface area contributed by atoms with Gasteiger partial charge in [-0.2, -0.15) is 0 Å². The third-order valence-electron chi connectivity index (χ3n) is 3.23. The van der Waals surface area contributed by atoms with E-state index in [1.165, 1.54) is 0 Å². The minimum atomic E-state index is -0.115. The molecule has 2 aromatic rings. The Bertz CT molecular complexity index is 621. The predicted octanol–water partition coefficient (Wildman–Crippen LogP) is 2.32. The van der Waals surface area contributed by atoms with Gasteiger partial charge in [-0.3, -0.25) is 9.59 Å². The smallest absolute Gasteiger partial charge is 0.253 e. The Kier molecular flexibility index (Phi) is 4.72. The Balaban J connectivity index is 2.04. The van der Waals surface area contributed by atoms with Gasteiger partial charge in [0.2, 0.25) is 0 Å². The summed E-state index contributed by atoms with van der Waals surface area (Å²) in [5.74, 6) is -0.138. The first-order chi connectivity index (χ1) is 10.1. The highest BCUT2D eigenvalue weighted by molar-refractivity contribution is 5.94. The van der Waals surface area contributed by atoms with Crippen LogP contribution in [0.1, 0.15) is 26.3 Å². The van der Waals surface area contributed by atoms with Crippen molar-refractivity contribution in [1.82, 2.24) is 10.2 Å². The molecule has 4 heteroatoms. The van der Waals surface area contributed by atoms with E-state index in [2.05, 4.69) is 5.32 Å². The number of benzene rings is 2. The third kappa shape index (κ3) is 3.69. The topological polar surface area (TPSA) is 49.4 Å². The molecule has 4 nitrogen and oxygen atoms in total. The lowest BCUT2D eigenvalue weighted by Crippen LogP contribution is -2.26. The van der Waals surface area contributed by atoms with Gasteiger partial charge in [-0.05, 0) is 29.8 Å². The van der Waals surface area contributed by atoms with Gasteiger partial charge in [0.25, 0.3) is 11.8 Å². The lowest BCUT2D eigenvalue weighted by Gasteiger charge is -2.17. The maximum absolute atomic E-state index is 12.2. The van der Waals surface area contributed by atoms with E-state index in [4.69, 9.17) is 0 Å². The molecule has 0 radical (unpaired) electrons. The lowest BCUT2D eigenvalue weighted by molar-refractivity contribution is 0.0784. The Hall–Kier alpha value is -2.62. The highest BCUT2D eigenvalue weighted by Crippen LogP contribution is 2.10. The molecule has 0 heterocycles. The summed E-state index contributed by atoms with van der Waals surface area (Å²) in [6.45, 7) is 0.502. The number of carbonyl (C=O) groups excluding carboxylic acids is 2. The Morgan fingerprint density at radius 1 is 0.952 bits per heavy atom. The van der Waals surface area contributed by atoms with Crippen LogP contribution in [0.5, 0.6) is 0 Å². The molecule has 2 aromatic carbocycles. The van der Waals surface area contributed by atoms with Crippen molar-refractivity contribution in [2.45, 2.75) is 6.54 Å². The number of carbonyl (C=O) groups is 2. The molecule has 1 N–H and O–H groups in total. The first kappa shape index (κ1) is 14.8. The first-order valence-electron chi connectivity index (χ1n) is 6.73. The normalized spacial score (nSPS) is 10.0. The lowest BCUT2D eigenvalue weighted by atomic mass is 10.1. The van der Waals surface area contributed by atoms with Crippen LogP contribution >= 0.6 is 0 Å². The fourth-order valence-electron chi connectivity index (χ4n) is 2.05. The Labute approximate surface area is 124 Å². The van der Waals surface area contributed by atoms with Crippen LogP contribution in [-0.4, -0.2) is 30.8 Å². The summed E-state index contributed by atoms with van der Waals surface area (Å²) in [7, 11) is 3.37. The standard InChI is InChI=1S/C17H18N2O2/c1-18-16(20)14-10-8-13(9-11-14)12-19(2)17(21)15-6-4-3-5-7-15/h3-11H,12H2,1-2H3,(H,18,20). The van der Waals surface area contributed by atoms with E-state index in [0.717, 1.165) is 5.56 Å². The van der Waals surface area contributed by atoms with Crippen LogP contribution in [0.15, 0.2) is 54.6 Å². The van der Waals surface area contributed by atoms with E-state index in [-0.39, 0.29) is 11.8 Å². The Morgan fingerprint density at radius 3 is 2.14 bits per heavy atom. The number of nitrogens with zero attached hydrogens (tertiary/aromatic N) is 1. The minimum Gasteiger partial charge on any atom is -0.355 e. The number of rotatable bonds is 4. The highest BCUT2D eigenvalue weighted by Gasteiger charge is 2.11. The highest BCUT2D eigenvalue weighted by atomic mass is 16.2. The van der Waals surface area contributed by atoms with E-state index in [0.29, 0.717) is 17.7 Å². The average molecular weight is 282 g/mol. The van der Waals surface area contributed by atoms with Gasteiger partial charge in [-0.1, -0.05) is 30.3 Å². The van der Waals surface area contributed by atoms with Gasteiger partial charge in [-0.15, -0.1) is 0 Å². The summed E-state index contributed by atoms with van der Waals surface area (Å²) in [5.41, 5.74) is 2.26. The van der Waals surface area contributed by atoms with Crippen molar-refractivity contribution >= 4 is 11.8 Å². The summed E-state index contributed by atoms with van der Waals surface area (Å²) in [4.78, 5) is 25.4. The van der Waals surface area contributed by atoms with Gasteiger partial charge < -0.3 is 10.2 Å². The minimum absolute atomic E-state index is 0.0222. The number of amides is 2. The molecule has 108 valence electrons. The summed E-state index contributed by atoms with van der Waals surface area (Å²) in [5, 5.41) is 2.58. The second-order valence-corrected chi connectivity index (χ2v) is 4.80. The van der Waals surface area contributed by atoms with Gasteiger partial charge in [0.05, 0.1) is 0 Å². The molecule has 0 bridgehead atoms. The van der Waals surface area contributed by atoms with Crippen molar-refractivity contribution in [2.75, 3.05) is 14.1 Å². The van der Waals surface area contributed by atoms with Gasteiger partial charge in [0.15, 0.2) is 0 Å². The molecule has 21 heavy (non-hydrogen) atoms. The second kappa shape index (κ2) is 6.70. The first-order valence-corrected chi connectivity index (χ1v) is 6.73. The molecule has 0 aliphatic carbocycles. The average Bonchev–Trinajstić information content (AvgIpc) is 2.55. The molecular formula is C17H18N2O2. The molecule has 0 unspecified atom stereocenters. The monoisotopic (exact) mass is 282 g/mol. The molecular weight excluding hydrogens is 264 g/mol. The molecule has 0 saturated heterocycles. The van der Waals surface area contributed by atoms with Gasteiger partial charge in [0.1, 0.15) is 0 Å². The molecule has 0 aliphatic heterocycles. The van der Waals surface area contributed by atoms with E-state index >= 15 is 0 Å². The van der Waals surface area contributed by atoms with Crippen LogP contribution < -0.4 is 5.32 Å². The summed E-state index contributed by atoms with van der Waals surface area (Å²) >= 11 is 0. The SMILES string of the molecule is CNC(=O)c1ccc(CN(C)C(=O)c2ccccc2)cc1. The van der Waals surface area contributed by atoms with Crippen LogP contribution in [0.4, 0.5) is 0 Å². The van der Waals surface area contributed by atoms with Crippen molar-refractivity contribution in [3.05, 3.63) is 71.3 Å². The number of hydrogen-bond acceptors (Lipinski definition) is 2. The molecule has 0 spiro atoms. The molecule has 0 aliphatic rings. The van der Waals surface area contributed by atoms with Crippen molar-refractivity contribution in [3.63, 3.8) is 0 Å². The molecule has 2 amide bonds. The van der Waals surface area contributed by atoms with Gasteiger partial charge in [0, 0.05) is 31.8 Å². The van der Waals surface area contributed by atoms with Crippen molar-refractivity contribution in [3.8, 4) is 0 Å². The summed E-state index contributed by atoms with van der Waals surface area (Å²) in [6.07, 6.45) is 0. The van der Waals surface area contributed by atoms with Gasteiger partial charge >= 0.3 is 0 Å². The molecule has 2 rings (SSSR count). The summed E-state index contributed by atoms with van der Waals surface area (Å²) < 4.78 is 0. The van der Waals surface area contributed by atoms with E-state index in [1.807, 2.05) is 30.3 Å². The van der Waals surface area contributed by atoms with E-state index in [9.17, 15) is 9.59 Å². The zero-order chi connectivity index (χ0) is 15.2.